The maximum Gasteiger partial charge on any atom is 0.338 e. The third kappa shape index (κ3) is 5.12. The highest BCUT2D eigenvalue weighted by Crippen LogP contribution is 2.18. The lowest BCUT2D eigenvalue weighted by molar-refractivity contribution is -0.127. The van der Waals surface area contributed by atoms with E-state index in [0.717, 1.165) is 14.9 Å². The molecule has 30 heavy (non-hydrogen) atoms. The summed E-state index contributed by atoms with van der Waals surface area (Å²) >= 11 is 3.34. The van der Waals surface area contributed by atoms with E-state index in [1.807, 2.05) is 6.07 Å². The molecule has 1 fully saturated rings. The number of ether oxygens (including phenoxy) is 1. The summed E-state index contributed by atoms with van der Waals surface area (Å²) in [6, 6.07) is 12.6. The normalized spacial score (nSPS) is 14.6. The summed E-state index contributed by atoms with van der Waals surface area (Å²) in [5, 5.41) is 5.06. The first-order valence-electron chi connectivity index (χ1n) is 9.04. The number of esters is 1. The average molecular weight is 472 g/mol. The monoisotopic (exact) mass is 471 g/mol. The van der Waals surface area contributed by atoms with E-state index < -0.39 is 30.4 Å². The Morgan fingerprint density at radius 3 is 2.57 bits per heavy atom. The van der Waals surface area contributed by atoms with Crippen LogP contribution in [0.1, 0.15) is 22.8 Å². The van der Waals surface area contributed by atoms with Crippen LogP contribution in [0.25, 0.3) is 6.08 Å². The lowest BCUT2D eigenvalue weighted by atomic mass is 10.2. The van der Waals surface area contributed by atoms with Crippen molar-refractivity contribution in [1.29, 1.82) is 0 Å². The van der Waals surface area contributed by atoms with E-state index in [0.29, 0.717) is 11.3 Å². The van der Waals surface area contributed by atoms with E-state index in [-0.39, 0.29) is 12.3 Å². The SMILES string of the molecule is CCOC(=O)c1ccc(NC(=O)CN2C(=O)N/C(=C\c3cccc(Br)c3)C2=O)cc1. The Morgan fingerprint density at radius 2 is 1.90 bits per heavy atom. The number of anilines is 1. The van der Waals surface area contributed by atoms with Gasteiger partial charge in [-0.15, -0.1) is 0 Å². The molecule has 9 heteroatoms. The first-order valence-corrected chi connectivity index (χ1v) is 9.84. The Labute approximate surface area is 181 Å². The summed E-state index contributed by atoms with van der Waals surface area (Å²) in [6.45, 7) is 1.53. The Hall–Kier alpha value is -3.46. The lowest BCUT2D eigenvalue weighted by Gasteiger charge is -2.12. The number of amides is 4. The zero-order chi connectivity index (χ0) is 21.7. The van der Waals surface area contributed by atoms with Gasteiger partial charge in [-0.25, -0.2) is 14.5 Å². The van der Waals surface area contributed by atoms with Gasteiger partial charge in [0.1, 0.15) is 12.2 Å². The van der Waals surface area contributed by atoms with Crippen molar-refractivity contribution in [2.24, 2.45) is 0 Å². The Morgan fingerprint density at radius 1 is 1.17 bits per heavy atom. The molecular weight excluding hydrogens is 454 g/mol. The number of hydrogen-bond donors (Lipinski definition) is 2. The fraction of sp³-hybridized carbons (Fsp3) is 0.143. The minimum atomic E-state index is -0.672. The predicted octanol–water partition coefficient (Wildman–Crippen LogP) is 3.16. The second-order valence-corrected chi connectivity index (χ2v) is 7.20. The first kappa shape index (κ1) is 21.3. The molecular formula is C21H18BrN3O5. The molecule has 1 heterocycles. The van der Waals surface area contributed by atoms with Crippen LogP contribution in [0, 0.1) is 0 Å². The third-order valence-electron chi connectivity index (χ3n) is 4.10. The van der Waals surface area contributed by atoms with Crippen LogP contribution in [-0.4, -0.2) is 41.9 Å². The lowest BCUT2D eigenvalue weighted by Crippen LogP contribution is -2.38. The predicted molar refractivity (Wildman–Crippen MR) is 113 cm³/mol. The van der Waals surface area contributed by atoms with Crippen LogP contribution in [-0.2, 0) is 14.3 Å². The number of carbonyl (C=O) groups excluding carboxylic acids is 4. The van der Waals surface area contributed by atoms with Crippen molar-refractivity contribution < 1.29 is 23.9 Å². The summed E-state index contributed by atoms with van der Waals surface area (Å²) in [7, 11) is 0. The summed E-state index contributed by atoms with van der Waals surface area (Å²) in [6.07, 6.45) is 1.54. The highest BCUT2D eigenvalue weighted by Gasteiger charge is 2.34. The zero-order valence-electron chi connectivity index (χ0n) is 16.0. The summed E-state index contributed by atoms with van der Waals surface area (Å²) in [5.74, 6) is -1.60. The molecule has 0 spiro atoms. The van der Waals surface area contributed by atoms with Crippen molar-refractivity contribution in [3.05, 3.63) is 69.8 Å². The number of hydrogen-bond acceptors (Lipinski definition) is 5. The molecule has 4 amide bonds. The van der Waals surface area contributed by atoms with Crippen molar-refractivity contribution in [2.75, 3.05) is 18.5 Å². The number of carbonyl (C=O) groups is 4. The Balaban J connectivity index is 1.63. The molecule has 1 aliphatic rings. The van der Waals surface area contributed by atoms with Gasteiger partial charge in [-0.2, -0.15) is 0 Å². The Kier molecular flexibility index (Phi) is 6.63. The van der Waals surface area contributed by atoms with Gasteiger partial charge >= 0.3 is 12.0 Å². The van der Waals surface area contributed by atoms with Crippen molar-refractivity contribution in [3.8, 4) is 0 Å². The van der Waals surface area contributed by atoms with Gasteiger partial charge in [-0.3, -0.25) is 9.59 Å². The van der Waals surface area contributed by atoms with Crippen molar-refractivity contribution in [3.63, 3.8) is 0 Å². The molecule has 0 saturated carbocycles. The molecule has 2 aromatic carbocycles. The van der Waals surface area contributed by atoms with Gasteiger partial charge in [0.15, 0.2) is 0 Å². The van der Waals surface area contributed by atoms with E-state index in [1.165, 1.54) is 30.3 Å². The van der Waals surface area contributed by atoms with E-state index in [4.69, 9.17) is 4.74 Å². The molecule has 3 rings (SSSR count). The largest absolute Gasteiger partial charge is 0.462 e. The van der Waals surface area contributed by atoms with Gasteiger partial charge in [0, 0.05) is 10.2 Å². The Bertz CT molecular complexity index is 1030. The highest BCUT2D eigenvalue weighted by atomic mass is 79.9. The molecule has 0 aromatic heterocycles. The smallest absolute Gasteiger partial charge is 0.338 e. The number of benzene rings is 2. The van der Waals surface area contributed by atoms with Gasteiger partial charge in [0.25, 0.3) is 5.91 Å². The van der Waals surface area contributed by atoms with Gasteiger partial charge in [-0.1, -0.05) is 28.1 Å². The molecule has 0 atom stereocenters. The highest BCUT2D eigenvalue weighted by molar-refractivity contribution is 9.10. The maximum atomic E-state index is 12.5. The van der Waals surface area contributed by atoms with E-state index in [1.54, 1.807) is 25.1 Å². The van der Waals surface area contributed by atoms with E-state index in [2.05, 4.69) is 26.6 Å². The second kappa shape index (κ2) is 9.36. The quantitative estimate of drug-likeness (QED) is 0.382. The van der Waals surface area contributed by atoms with Crippen molar-refractivity contribution in [1.82, 2.24) is 10.2 Å². The maximum absolute atomic E-state index is 12.5. The number of nitrogens with one attached hydrogen (secondary N) is 2. The van der Waals surface area contributed by atoms with Gasteiger partial charge in [0.05, 0.1) is 12.2 Å². The molecule has 0 radical (unpaired) electrons. The molecule has 0 aliphatic carbocycles. The first-order chi connectivity index (χ1) is 14.4. The molecule has 8 nitrogen and oxygen atoms in total. The van der Waals surface area contributed by atoms with E-state index >= 15 is 0 Å². The molecule has 2 N–H and O–H groups in total. The summed E-state index contributed by atoms with van der Waals surface area (Å²) < 4.78 is 5.73. The van der Waals surface area contributed by atoms with Crippen molar-refractivity contribution in [2.45, 2.75) is 6.92 Å². The minimum Gasteiger partial charge on any atom is -0.462 e. The number of halogens is 1. The standard InChI is InChI=1S/C21H18BrN3O5/c1-2-30-20(28)14-6-8-16(9-7-14)23-18(26)12-25-19(27)17(24-21(25)29)11-13-4-3-5-15(22)10-13/h3-11H,2,12H2,1H3,(H,23,26)(H,24,29)/b17-11-. The number of urea groups is 1. The average Bonchev–Trinajstić information content (AvgIpc) is 2.96. The van der Waals surface area contributed by atoms with Crippen LogP contribution in [0.2, 0.25) is 0 Å². The van der Waals surface area contributed by atoms with Crippen LogP contribution >= 0.6 is 15.9 Å². The van der Waals surface area contributed by atoms with Crippen LogP contribution in [0.3, 0.4) is 0 Å². The molecule has 1 aliphatic heterocycles. The summed E-state index contributed by atoms with van der Waals surface area (Å²) in [5.41, 5.74) is 1.59. The number of nitrogens with zero attached hydrogens (tertiary/aromatic N) is 1. The van der Waals surface area contributed by atoms with Crippen LogP contribution < -0.4 is 10.6 Å². The fourth-order valence-electron chi connectivity index (χ4n) is 2.73. The van der Waals surface area contributed by atoms with Crippen LogP contribution in [0.5, 0.6) is 0 Å². The number of imide groups is 1. The second-order valence-electron chi connectivity index (χ2n) is 6.28. The molecule has 2 aromatic rings. The van der Waals surface area contributed by atoms with Gasteiger partial charge in [0.2, 0.25) is 5.91 Å². The third-order valence-corrected chi connectivity index (χ3v) is 4.60. The molecule has 154 valence electrons. The van der Waals surface area contributed by atoms with Crippen LogP contribution in [0.15, 0.2) is 58.7 Å². The van der Waals surface area contributed by atoms with Crippen molar-refractivity contribution >= 4 is 51.5 Å². The fourth-order valence-corrected chi connectivity index (χ4v) is 3.14. The zero-order valence-corrected chi connectivity index (χ0v) is 17.6. The van der Waals surface area contributed by atoms with Gasteiger partial charge < -0.3 is 15.4 Å². The topological polar surface area (TPSA) is 105 Å². The molecule has 0 unspecified atom stereocenters. The van der Waals surface area contributed by atoms with Crippen LogP contribution in [0.4, 0.5) is 10.5 Å². The number of rotatable bonds is 6. The summed E-state index contributed by atoms with van der Waals surface area (Å²) in [4.78, 5) is 49.4. The molecule has 1 saturated heterocycles. The molecule has 0 bridgehead atoms. The van der Waals surface area contributed by atoms with Gasteiger partial charge in [-0.05, 0) is 55.0 Å². The minimum absolute atomic E-state index is 0.0877. The van der Waals surface area contributed by atoms with E-state index in [9.17, 15) is 19.2 Å².